The quantitative estimate of drug-likeness (QED) is 0.177. The van der Waals surface area contributed by atoms with Gasteiger partial charge < -0.3 is 45.4 Å². The Hall–Kier alpha value is -2.90. The highest BCUT2D eigenvalue weighted by molar-refractivity contribution is 5.88. The normalized spacial score (nSPS) is 27.9. The third-order valence-corrected chi connectivity index (χ3v) is 9.97. The molecule has 6 N–H and O–H groups in total. The highest BCUT2D eigenvalue weighted by atomic mass is 16.8. The van der Waals surface area contributed by atoms with Crippen molar-refractivity contribution in [2.75, 3.05) is 33.8 Å². The molecule has 2 aliphatic heterocycles. The summed E-state index contributed by atoms with van der Waals surface area (Å²) in [6.07, 6.45) is -0.438. The summed E-state index contributed by atoms with van der Waals surface area (Å²) < 4.78 is 12.2. The van der Waals surface area contributed by atoms with Crippen LogP contribution in [-0.2, 0) is 37.7 Å². The van der Waals surface area contributed by atoms with Crippen molar-refractivity contribution in [1.29, 1.82) is 0 Å². The van der Waals surface area contributed by atoms with E-state index in [-0.39, 0.29) is 24.3 Å². The molecule has 0 radical (unpaired) electrons. The summed E-state index contributed by atoms with van der Waals surface area (Å²) in [7, 11) is 3.91. The zero-order valence-corrected chi connectivity index (χ0v) is 28.2. The van der Waals surface area contributed by atoms with E-state index in [1.54, 1.807) is 6.07 Å². The van der Waals surface area contributed by atoms with E-state index in [1.807, 2.05) is 38.1 Å². The molecule has 0 aromatic heterocycles. The number of nitrogens with one attached hydrogen (secondary N) is 2. The van der Waals surface area contributed by atoms with Crippen LogP contribution < -0.4 is 10.6 Å². The van der Waals surface area contributed by atoms with Gasteiger partial charge in [-0.3, -0.25) is 9.59 Å². The molecule has 1 unspecified atom stereocenters. The molecule has 258 valence electrons. The third-order valence-electron chi connectivity index (χ3n) is 9.97. The average molecular weight is 654 g/mol. The third kappa shape index (κ3) is 7.41. The summed E-state index contributed by atoms with van der Waals surface area (Å²) in [6.45, 7) is 6.06. The van der Waals surface area contributed by atoms with Crippen LogP contribution >= 0.6 is 0 Å². The molecular formula is C36H51N3O8. The number of amides is 2. The lowest BCUT2D eigenvalue weighted by Gasteiger charge is -2.50. The second-order valence-corrected chi connectivity index (χ2v) is 14.4. The minimum atomic E-state index is -1.74. The molecule has 3 fully saturated rings. The molecule has 6 atom stereocenters. The van der Waals surface area contributed by atoms with Crippen molar-refractivity contribution in [2.24, 2.45) is 5.92 Å². The summed E-state index contributed by atoms with van der Waals surface area (Å²) in [5.41, 5.74) is 1.48. The molecule has 1 saturated carbocycles. The highest BCUT2D eigenvalue weighted by Gasteiger charge is 2.71. The molecule has 2 amide bonds. The number of aliphatic hydroxyl groups excluding tert-OH is 3. The number of aliphatic hydroxyl groups is 4. The summed E-state index contributed by atoms with van der Waals surface area (Å²) in [5, 5.41) is 49.4. The van der Waals surface area contributed by atoms with Crippen LogP contribution in [-0.4, -0.2) is 106 Å². The number of nitrogens with zero attached hydrogens (tertiary/aromatic N) is 1. The average Bonchev–Trinajstić information content (AvgIpc) is 3.78. The molecule has 3 aliphatic rings. The van der Waals surface area contributed by atoms with Crippen LogP contribution in [0, 0.1) is 12.8 Å². The monoisotopic (exact) mass is 653 g/mol. The summed E-state index contributed by atoms with van der Waals surface area (Å²) in [6, 6.07) is 13.3. The van der Waals surface area contributed by atoms with E-state index in [9.17, 15) is 30.0 Å². The number of carbonyl (C=O) groups excluding carboxylic acids is 2. The number of fused-ring (bicyclic) bond motifs is 2. The number of ether oxygens (including phenoxy) is 2. The van der Waals surface area contributed by atoms with Crippen molar-refractivity contribution >= 4 is 11.8 Å². The van der Waals surface area contributed by atoms with Gasteiger partial charge in [0.1, 0.15) is 24.4 Å². The standard InChI is InChI=1S/C36H51N3O8/c1-22-9-16-27(36-32(43)30(41)31(42)35(47-36,21-46-36)34(2,3)45)20-26(22)19-24-12-10-23(11-13-24)7-6-8-28(40)38-29(25-14-15-25)33(44)37-17-18-39(4)5/h9-13,16,20,25,29-32,41-43,45H,6-8,14-15,17-19,21H2,1-5H3,(H,37,44)(H,38,40)/t29?,30-,31-,32+,35-,36-/m0/s1. The number of aryl methyl sites for hydroxylation is 2. The van der Waals surface area contributed by atoms with Gasteiger partial charge in [0.15, 0.2) is 5.60 Å². The van der Waals surface area contributed by atoms with Crippen molar-refractivity contribution in [3.05, 3.63) is 70.3 Å². The van der Waals surface area contributed by atoms with Gasteiger partial charge >= 0.3 is 0 Å². The lowest BCUT2D eigenvalue weighted by atomic mass is 9.75. The predicted octanol–water partition coefficient (Wildman–Crippen LogP) is 1.29. The molecular weight excluding hydrogens is 602 g/mol. The van der Waals surface area contributed by atoms with Gasteiger partial charge in [-0.1, -0.05) is 36.4 Å². The summed E-state index contributed by atoms with van der Waals surface area (Å²) in [5.74, 6) is -1.72. The van der Waals surface area contributed by atoms with Gasteiger partial charge in [-0.15, -0.1) is 0 Å². The van der Waals surface area contributed by atoms with Crippen LogP contribution in [0.4, 0.5) is 0 Å². The van der Waals surface area contributed by atoms with Gasteiger partial charge in [0.2, 0.25) is 17.6 Å². The molecule has 47 heavy (non-hydrogen) atoms. The molecule has 2 heterocycles. The van der Waals surface area contributed by atoms with E-state index in [0.29, 0.717) is 31.4 Å². The second kappa shape index (κ2) is 13.9. The van der Waals surface area contributed by atoms with Gasteiger partial charge in [0, 0.05) is 25.1 Å². The molecule has 0 spiro atoms. The van der Waals surface area contributed by atoms with Crippen LogP contribution in [0.1, 0.15) is 67.3 Å². The molecule has 2 bridgehead atoms. The second-order valence-electron chi connectivity index (χ2n) is 14.4. The maximum absolute atomic E-state index is 12.7. The van der Waals surface area contributed by atoms with Crippen molar-refractivity contribution < 1.29 is 39.5 Å². The Bertz CT molecular complexity index is 1420. The zero-order chi connectivity index (χ0) is 34.1. The molecule has 1 aliphatic carbocycles. The van der Waals surface area contributed by atoms with E-state index in [1.165, 1.54) is 13.8 Å². The Kier molecular flexibility index (Phi) is 10.5. The Balaban J connectivity index is 1.18. The maximum atomic E-state index is 12.7. The van der Waals surface area contributed by atoms with E-state index in [2.05, 4.69) is 34.9 Å². The van der Waals surface area contributed by atoms with Crippen LogP contribution in [0.25, 0.3) is 0 Å². The first-order valence-electron chi connectivity index (χ1n) is 16.7. The molecule has 2 saturated heterocycles. The van der Waals surface area contributed by atoms with Crippen molar-refractivity contribution in [3.8, 4) is 0 Å². The van der Waals surface area contributed by atoms with E-state index in [4.69, 9.17) is 9.47 Å². The highest BCUT2D eigenvalue weighted by Crippen LogP contribution is 2.53. The number of hydrogen-bond acceptors (Lipinski definition) is 9. The number of hydrogen-bond donors (Lipinski definition) is 6. The smallest absolute Gasteiger partial charge is 0.242 e. The SMILES string of the molecule is Cc1ccc([C@]23OC[C@](C(C)(C)O)(O2)[C@@H](O)[C@H](O)[C@H]3O)cc1Cc1ccc(CCCC(=O)NC(C(=O)NCCN(C)C)C2CC2)cc1. The van der Waals surface area contributed by atoms with Gasteiger partial charge in [-0.25, -0.2) is 0 Å². The minimum absolute atomic E-state index is 0.101. The Morgan fingerprint density at radius 3 is 2.36 bits per heavy atom. The first-order chi connectivity index (χ1) is 22.2. The largest absolute Gasteiger partial charge is 0.387 e. The topological polar surface area (TPSA) is 161 Å². The molecule has 2 aromatic carbocycles. The Labute approximate surface area is 277 Å². The van der Waals surface area contributed by atoms with Crippen molar-refractivity contribution in [1.82, 2.24) is 15.5 Å². The minimum Gasteiger partial charge on any atom is -0.387 e. The van der Waals surface area contributed by atoms with Crippen molar-refractivity contribution in [2.45, 2.75) is 101 Å². The fourth-order valence-corrected chi connectivity index (χ4v) is 6.65. The predicted molar refractivity (Wildman–Crippen MR) is 175 cm³/mol. The van der Waals surface area contributed by atoms with Crippen molar-refractivity contribution in [3.63, 3.8) is 0 Å². The van der Waals surface area contributed by atoms with Crippen LogP contribution in [0.3, 0.4) is 0 Å². The lowest BCUT2D eigenvalue weighted by molar-refractivity contribution is -0.348. The van der Waals surface area contributed by atoms with Crippen LogP contribution in [0.2, 0.25) is 0 Å². The van der Waals surface area contributed by atoms with E-state index < -0.39 is 41.3 Å². The van der Waals surface area contributed by atoms with E-state index >= 15 is 0 Å². The molecule has 11 nitrogen and oxygen atoms in total. The summed E-state index contributed by atoms with van der Waals surface area (Å²) >= 11 is 0. The first-order valence-corrected chi connectivity index (χ1v) is 16.7. The van der Waals surface area contributed by atoms with Crippen LogP contribution in [0.5, 0.6) is 0 Å². The van der Waals surface area contributed by atoms with Gasteiger partial charge in [0.25, 0.3) is 0 Å². The van der Waals surface area contributed by atoms with Gasteiger partial charge in [0.05, 0.1) is 12.2 Å². The Morgan fingerprint density at radius 2 is 1.72 bits per heavy atom. The lowest BCUT2D eigenvalue weighted by Crippen LogP contribution is -2.70. The number of carbonyl (C=O) groups is 2. The molecule has 5 rings (SSSR count). The fraction of sp³-hybridized carbons (Fsp3) is 0.611. The number of likely N-dealkylation sites (N-methyl/N-ethyl adjacent to an activating group) is 1. The molecule has 11 heteroatoms. The zero-order valence-electron chi connectivity index (χ0n) is 28.2. The van der Waals surface area contributed by atoms with Gasteiger partial charge in [-0.05, 0) is 101 Å². The Morgan fingerprint density at radius 1 is 1.04 bits per heavy atom. The fourth-order valence-electron chi connectivity index (χ4n) is 6.65. The maximum Gasteiger partial charge on any atom is 0.242 e. The summed E-state index contributed by atoms with van der Waals surface area (Å²) in [4.78, 5) is 27.3. The van der Waals surface area contributed by atoms with E-state index in [0.717, 1.165) is 48.1 Å². The molecule has 2 aromatic rings. The number of benzene rings is 2. The van der Waals surface area contributed by atoms with Gasteiger partial charge in [-0.2, -0.15) is 0 Å². The van der Waals surface area contributed by atoms with Crippen LogP contribution in [0.15, 0.2) is 42.5 Å². The first kappa shape index (κ1) is 35.4. The number of rotatable bonds is 14.